The molecule has 1 aromatic heterocycles. The van der Waals surface area contributed by atoms with Crippen molar-refractivity contribution in [2.45, 2.75) is 18.9 Å². The first-order chi connectivity index (χ1) is 12.2. The fourth-order valence-corrected chi connectivity index (χ4v) is 3.64. The Morgan fingerprint density at radius 2 is 1.80 bits per heavy atom. The molecule has 0 unspecified atom stereocenters. The predicted octanol–water partition coefficient (Wildman–Crippen LogP) is 3.64. The van der Waals surface area contributed by atoms with Gasteiger partial charge in [-0.3, -0.25) is 10.1 Å². The first-order valence-electron chi connectivity index (χ1n) is 8.20. The molecule has 2 N–H and O–H groups in total. The molecule has 7 heteroatoms. The lowest BCUT2D eigenvalue weighted by Gasteiger charge is -2.30. The number of anilines is 2. The van der Waals surface area contributed by atoms with Crippen molar-refractivity contribution < 1.29 is 14.3 Å². The number of ether oxygens (including phenoxy) is 1. The molecule has 1 fully saturated rings. The number of amides is 3. The maximum atomic E-state index is 12.6. The van der Waals surface area contributed by atoms with Gasteiger partial charge in [-0.15, -0.1) is 11.3 Å². The van der Waals surface area contributed by atoms with Crippen LogP contribution in [0.3, 0.4) is 0 Å². The maximum absolute atomic E-state index is 12.6. The van der Waals surface area contributed by atoms with E-state index in [1.165, 1.54) is 11.3 Å². The summed E-state index contributed by atoms with van der Waals surface area (Å²) in [5, 5.41) is 6.16. The zero-order chi connectivity index (χ0) is 17.6. The summed E-state index contributed by atoms with van der Waals surface area (Å²) in [6, 6.07) is 12.4. The van der Waals surface area contributed by atoms with Gasteiger partial charge in [0, 0.05) is 25.9 Å². The van der Waals surface area contributed by atoms with Crippen molar-refractivity contribution in [3.8, 4) is 0 Å². The van der Waals surface area contributed by atoms with Crippen molar-refractivity contribution in [2.75, 3.05) is 30.8 Å². The molecule has 0 spiro atoms. The van der Waals surface area contributed by atoms with Gasteiger partial charge in [-0.25, -0.2) is 4.79 Å². The summed E-state index contributed by atoms with van der Waals surface area (Å²) in [5.74, 6) is 0.0103. The van der Waals surface area contributed by atoms with E-state index in [-0.39, 0.29) is 18.0 Å². The van der Waals surface area contributed by atoms with Gasteiger partial charge in [-0.1, -0.05) is 18.2 Å². The minimum Gasteiger partial charge on any atom is -0.381 e. The Labute approximate surface area is 150 Å². The Hall–Kier alpha value is -2.38. The Kier molecular flexibility index (Phi) is 5.67. The summed E-state index contributed by atoms with van der Waals surface area (Å²) in [6.45, 7) is 1.40. The molecule has 1 aromatic carbocycles. The van der Waals surface area contributed by atoms with Gasteiger partial charge in [0.2, 0.25) is 0 Å². The van der Waals surface area contributed by atoms with E-state index >= 15 is 0 Å². The van der Waals surface area contributed by atoms with E-state index in [1.807, 2.05) is 35.2 Å². The molecular weight excluding hydrogens is 338 g/mol. The number of nitrogens with one attached hydrogen (secondary N) is 2. The second-order valence-corrected chi connectivity index (χ2v) is 6.92. The van der Waals surface area contributed by atoms with Crippen molar-refractivity contribution in [3.63, 3.8) is 0 Å². The lowest BCUT2D eigenvalue weighted by Crippen LogP contribution is -2.40. The minimum atomic E-state index is -0.326. The van der Waals surface area contributed by atoms with E-state index in [1.54, 1.807) is 19.2 Å². The molecule has 1 saturated heterocycles. The fourth-order valence-electron chi connectivity index (χ4n) is 2.77. The SMILES string of the molecule is COC1CCN(C(=O)c2ccc(NC(=O)Nc3ccccc3)s2)CC1. The van der Waals surface area contributed by atoms with E-state index in [9.17, 15) is 9.59 Å². The summed E-state index contributed by atoms with van der Waals surface area (Å²) in [7, 11) is 1.71. The highest BCUT2D eigenvalue weighted by Crippen LogP contribution is 2.25. The minimum absolute atomic E-state index is 0.0103. The molecule has 2 heterocycles. The molecule has 0 aliphatic carbocycles. The summed E-state index contributed by atoms with van der Waals surface area (Å²) < 4.78 is 5.33. The molecule has 3 rings (SSSR count). The molecule has 0 saturated carbocycles. The third-order valence-corrected chi connectivity index (χ3v) is 5.14. The van der Waals surface area contributed by atoms with Crippen LogP contribution in [0.1, 0.15) is 22.5 Å². The first-order valence-corrected chi connectivity index (χ1v) is 9.02. The van der Waals surface area contributed by atoms with Gasteiger partial charge < -0.3 is 15.0 Å². The Balaban J connectivity index is 1.55. The summed E-state index contributed by atoms with van der Waals surface area (Å²) in [4.78, 5) is 27.0. The van der Waals surface area contributed by atoms with Crippen molar-refractivity contribution in [2.24, 2.45) is 0 Å². The normalized spacial score (nSPS) is 15.0. The zero-order valence-electron chi connectivity index (χ0n) is 14.0. The number of hydrogen-bond acceptors (Lipinski definition) is 4. The van der Waals surface area contributed by atoms with Crippen LogP contribution in [0.2, 0.25) is 0 Å². The third kappa shape index (κ3) is 4.58. The van der Waals surface area contributed by atoms with Crippen LogP contribution in [0.5, 0.6) is 0 Å². The third-order valence-electron chi connectivity index (χ3n) is 4.15. The molecule has 0 bridgehead atoms. The van der Waals surface area contributed by atoms with Crippen LogP contribution in [-0.2, 0) is 4.74 Å². The highest BCUT2D eigenvalue weighted by atomic mass is 32.1. The van der Waals surface area contributed by atoms with E-state index in [4.69, 9.17) is 4.74 Å². The second kappa shape index (κ2) is 8.13. The molecule has 0 atom stereocenters. The van der Waals surface area contributed by atoms with E-state index in [2.05, 4.69) is 10.6 Å². The highest BCUT2D eigenvalue weighted by molar-refractivity contribution is 7.18. The number of carbonyl (C=O) groups excluding carboxylic acids is 2. The fraction of sp³-hybridized carbons (Fsp3) is 0.333. The van der Waals surface area contributed by atoms with E-state index in [0.29, 0.717) is 28.7 Å². The number of urea groups is 1. The smallest absolute Gasteiger partial charge is 0.324 e. The summed E-state index contributed by atoms with van der Waals surface area (Å²) >= 11 is 1.29. The van der Waals surface area contributed by atoms with Gasteiger partial charge in [0.15, 0.2) is 0 Å². The monoisotopic (exact) mass is 359 g/mol. The van der Waals surface area contributed by atoms with Crippen molar-refractivity contribution in [3.05, 3.63) is 47.3 Å². The Morgan fingerprint density at radius 3 is 2.48 bits per heavy atom. The van der Waals surface area contributed by atoms with Crippen LogP contribution in [0.15, 0.2) is 42.5 Å². The topological polar surface area (TPSA) is 70.7 Å². The van der Waals surface area contributed by atoms with E-state index < -0.39 is 0 Å². The molecule has 0 radical (unpaired) electrons. The van der Waals surface area contributed by atoms with Crippen LogP contribution in [-0.4, -0.2) is 43.1 Å². The lowest BCUT2D eigenvalue weighted by molar-refractivity contribution is 0.0353. The molecule has 132 valence electrons. The molecule has 1 aliphatic rings. The van der Waals surface area contributed by atoms with Gasteiger partial charge in [0.05, 0.1) is 16.0 Å². The number of para-hydroxylation sites is 1. The van der Waals surface area contributed by atoms with Gasteiger partial charge in [0.1, 0.15) is 0 Å². The molecule has 2 aromatic rings. The number of likely N-dealkylation sites (tertiary alicyclic amines) is 1. The maximum Gasteiger partial charge on any atom is 0.324 e. The lowest BCUT2D eigenvalue weighted by atomic mass is 10.1. The number of benzene rings is 1. The van der Waals surface area contributed by atoms with Crippen LogP contribution in [0.4, 0.5) is 15.5 Å². The van der Waals surface area contributed by atoms with Crippen LogP contribution in [0, 0.1) is 0 Å². The van der Waals surface area contributed by atoms with Gasteiger partial charge in [-0.2, -0.15) is 0 Å². The molecule has 25 heavy (non-hydrogen) atoms. The van der Waals surface area contributed by atoms with Crippen molar-refractivity contribution in [1.29, 1.82) is 0 Å². The number of methoxy groups -OCH3 is 1. The average Bonchev–Trinajstić information content (AvgIpc) is 3.10. The van der Waals surface area contributed by atoms with Crippen LogP contribution in [0.25, 0.3) is 0 Å². The number of nitrogens with zero attached hydrogens (tertiary/aromatic N) is 1. The van der Waals surface area contributed by atoms with E-state index in [0.717, 1.165) is 12.8 Å². The highest BCUT2D eigenvalue weighted by Gasteiger charge is 2.24. The number of hydrogen-bond donors (Lipinski definition) is 2. The van der Waals surface area contributed by atoms with Gasteiger partial charge in [-0.05, 0) is 37.1 Å². The quantitative estimate of drug-likeness (QED) is 0.875. The van der Waals surface area contributed by atoms with Crippen molar-refractivity contribution >= 4 is 34.0 Å². The number of rotatable bonds is 4. The van der Waals surface area contributed by atoms with Crippen LogP contribution < -0.4 is 10.6 Å². The van der Waals surface area contributed by atoms with Crippen molar-refractivity contribution in [1.82, 2.24) is 4.90 Å². The molecule has 3 amide bonds. The zero-order valence-corrected chi connectivity index (χ0v) is 14.8. The predicted molar refractivity (Wildman–Crippen MR) is 99.3 cm³/mol. The summed E-state index contributed by atoms with van der Waals surface area (Å²) in [6.07, 6.45) is 1.96. The van der Waals surface area contributed by atoms with Crippen LogP contribution >= 0.6 is 11.3 Å². The Morgan fingerprint density at radius 1 is 1.08 bits per heavy atom. The average molecular weight is 359 g/mol. The number of carbonyl (C=O) groups is 2. The standard InChI is InChI=1S/C18H21N3O3S/c1-24-14-9-11-21(12-10-14)17(22)15-7-8-16(25-15)20-18(23)19-13-5-3-2-4-6-13/h2-8,14H,9-12H2,1H3,(H2,19,20,23). The second-order valence-electron chi connectivity index (χ2n) is 5.84. The van der Waals surface area contributed by atoms with Gasteiger partial charge in [0.25, 0.3) is 5.91 Å². The molecular formula is C18H21N3O3S. The molecule has 1 aliphatic heterocycles. The number of thiophene rings is 1. The number of piperidine rings is 1. The summed E-state index contributed by atoms with van der Waals surface area (Å²) in [5.41, 5.74) is 0.717. The molecule has 6 nitrogen and oxygen atoms in total. The first kappa shape index (κ1) is 17.4. The largest absolute Gasteiger partial charge is 0.381 e. The Bertz CT molecular complexity index is 724. The van der Waals surface area contributed by atoms with Gasteiger partial charge >= 0.3 is 6.03 Å².